The number of piperazine rings is 1. The van der Waals surface area contributed by atoms with Gasteiger partial charge in [0.15, 0.2) is 9.84 Å². The highest BCUT2D eigenvalue weighted by atomic mass is 32.2. The topological polar surface area (TPSA) is 57.7 Å². The molecule has 0 atom stereocenters. The second-order valence-electron chi connectivity index (χ2n) is 10.9. The predicted octanol–water partition coefficient (Wildman–Crippen LogP) is 5.03. The van der Waals surface area contributed by atoms with Crippen LogP contribution in [-0.2, 0) is 21.1 Å². The first kappa shape index (κ1) is 26.2. The molecular weight excluding hydrogens is 432 g/mol. The molecule has 1 aliphatic heterocycles. The van der Waals surface area contributed by atoms with E-state index in [9.17, 15) is 13.2 Å². The number of unbranched alkanes of at least 4 members (excludes halogenated alkanes) is 2. The summed E-state index contributed by atoms with van der Waals surface area (Å²) in [5.41, 5.74) is 2.33. The van der Waals surface area contributed by atoms with Crippen LogP contribution in [0.5, 0.6) is 0 Å². The molecule has 1 aromatic carbocycles. The Balaban J connectivity index is 1.35. The van der Waals surface area contributed by atoms with E-state index < -0.39 is 14.6 Å². The second-order valence-corrected chi connectivity index (χ2v) is 13.8. The minimum atomic E-state index is -3.06. The van der Waals surface area contributed by atoms with E-state index in [1.165, 1.54) is 37.8 Å². The molecule has 33 heavy (non-hydrogen) atoms. The van der Waals surface area contributed by atoms with Crippen molar-refractivity contribution in [2.24, 2.45) is 0 Å². The lowest BCUT2D eigenvalue weighted by Crippen LogP contribution is -2.50. The second kappa shape index (κ2) is 11.8. The summed E-state index contributed by atoms with van der Waals surface area (Å²) in [6, 6.07) is 9.32. The molecule has 1 heterocycles. The normalized spacial score (nSPS) is 19.1. The van der Waals surface area contributed by atoms with E-state index in [0.29, 0.717) is 19.3 Å². The number of ketones is 1. The first-order valence-electron chi connectivity index (χ1n) is 13.0. The van der Waals surface area contributed by atoms with Gasteiger partial charge in [0.05, 0.1) is 10.5 Å². The largest absolute Gasteiger partial charge is 0.369 e. The van der Waals surface area contributed by atoms with Crippen LogP contribution < -0.4 is 4.90 Å². The summed E-state index contributed by atoms with van der Waals surface area (Å²) in [6.07, 6.45) is 10.1. The van der Waals surface area contributed by atoms with Crippen LogP contribution in [0, 0.1) is 0 Å². The quantitative estimate of drug-likeness (QED) is 0.444. The maximum absolute atomic E-state index is 12.4. The lowest BCUT2D eigenvalue weighted by atomic mass is 9.94. The molecule has 0 radical (unpaired) electrons. The Kier molecular flexibility index (Phi) is 9.40. The summed E-state index contributed by atoms with van der Waals surface area (Å²) < 4.78 is 23.6. The van der Waals surface area contributed by atoms with Crippen LogP contribution >= 0.6 is 0 Å². The summed E-state index contributed by atoms with van der Waals surface area (Å²) in [6.45, 7) is 9.71. The number of benzene rings is 1. The van der Waals surface area contributed by atoms with Gasteiger partial charge in [0.25, 0.3) is 0 Å². The van der Waals surface area contributed by atoms with Crippen LogP contribution in [0.4, 0.5) is 5.69 Å². The number of carbonyl (C=O) groups excluding carboxylic acids is 1. The van der Waals surface area contributed by atoms with Crippen molar-refractivity contribution in [2.75, 3.05) is 36.8 Å². The van der Waals surface area contributed by atoms with E-state index in [1.54, 1.807) is 20.8 Å². The van der Waals surface area contributed by atoms with Crippen LogP contribution in [0.25, 0.3) is 0 Å². The molecule has 1 aromatic rings. The van der Waals surface area contributed by atoms with Crippen LogP contribution in [0.3, 0.4) is 0 Å². The fraction of sp³-hybridized carbons (Fsp3) is 0.741. The van der Waals surface area contributed by atoms with Gasteiger partial charge in [-0.3, -0.25) is 9.69 Å². The molecular formula is C27H44N2O3S. The number of hydrogen-bond acceptors (Lipinski definition) is 5. The van der Waals surface area contributed by atoms with Crippen LogP contribution in [0.2, 0.25) is 0 Å². The summed E-state index contributed by atoms with van der Waals surface area (Å²) in [5, 5.41) is 0. The van der Waals surface area contributed by atoms with Crippen molar-refractivity contribution in [1.29, 1.82) is 0 Å². The van der Waals surface area contributed by atoms with Crippen LogP contribution in [0.15, 0.2) is 24.3 Å². The third-order valence-electron chi connectivity index (χ3n) is 7.41. The number of rotatable bonds is 10. The zero-order valence-corrected chi connectivity index (χ0v) is 21.8. The molecule has 0 bridgehead atoms. The lowest BCUT2D eigenvalue weighted by Gasteiger charge is -2.41. The number of nitrogens with zero attached hydrogens (tertiary/aromatic N) is 2. The van der Waals surface area contributed by atoms with E-state index in [2.05, 4.69) is 34.1 Å². The number of anilines is 1. The first-order valence-corrected chi connectivity index (χ1v) is 14.6. The molecule has 1 saturated carbocycles. The van der Waals surface area contributed by atoms with Gasteiger partial charge in [0, 0.05) is 50.7 Å². The highest BCUT2D eigenvalue weighted by molar-refractivity contribution is 7.92. The molecule has 3 rings (SSSR count). The lowest BCUT2D eigenvalue weighted by molar-refractivity contribution is -0.118. The van der Waals surface area contributed by atoms with E-state index in [1.807, 2.05) is 0 Å². The molecule has 0 aromatic heterocycles. The minimum Gasteiger partial charge on any atom is -0.369 e. The molecule has 2 aliphatic rings. The third kappa shape index (κ3) is 7.81. The molecule has 5 nitrogen and oxygen atoms in total. The van der Waals surface area contributed by atoms with Gasteiger partial charge in [0.1, 0.15) is 5.78 Å². The highest BCUT2D eigenvalue weighted by Gasteiger charge is 2.28. The van der Waals surface area contributed by atoms with Gasteiger partial charge >= 0.3 is 0 Å². The van der Waals surface area contributed by atoms with E-state index >= 15 is 0 Å². The Morgan fingerprint density at radius 1 is 0.909 bits per heavy atom. The molecule has 1 saturated heterocycles. The maximum atomic E-state index is 12.4. The predicted molar refractivity (Wildman–Crippen MR) is 138 cm³/mol. The van der Waals surface area contributed by atoms with Crippen LogP contribution in [-0.4, -0.2) is 61.8 Å². The standard InChI is InChI=1S/C27H44N2O3S/c1-27(2,3)33(31,32)21-9-5-8-12-26(30)22-23-13-15-25(16-14-23)29-19-17-28(18-20-29)24-10-6-4-7-11-24/h13-16,24H,4-12,17-22H2,1-3H3. The molecule has 2 fully saturated rings. The maximum Gasteiger partial charge on any atom is 0.155 e. The van der Waals surface area contributed by atoms with Gasteiger partial charge in [-0.1, -0.05) is 37.8 Å². The molecule has 0 unspecified atom stereocenters. The Bertz CT molecular complexity index is 844. The summed E-state index contributed by atoms with van der Waals surface area (Å²) >= 11 is 0. The SMILES string of the molecule is CC(C)(C)S(=O)(=O)CCCCCC(=O)Cc1ccc(N2CCN(C3CCCCC3)CC2)cc1. The Labute approximate surface area is 201 Å². The van der Waals surface area contributed by atoms with Crippen molar-refractivity contribution in [3.63, 3.8) is 0 Å². The highest BCUT2D eigenvalue weighted by Crippen LogP contribution is 2.25. The van der Waals surface area contributed by atoms with Crippen molar-refractivity contribution in [3.05, 3.63) is 29.8 Å². The number of hydrogen-bond donors (Lipinski definition) is 0. The average molecular weight is 477 g/mol. The van der Waals surface area contributed by atoms with Crippen molar-refractivity contribution in [3.8, 4) is 0 Å². The van der Waals surface area contributed by atoms with Gasteiger partial charge in [0.2, 0.25) is 0 Å². The summed E-state index contributed by atoms with van der Waals surface area (Å²) in [7, 11) is -3.06. The zero-order valence-electron chi connectivity index (χ0n) is 21.0. The smallest absolute Gasteiger partial charge is 0.155 e. The van der Waals surface area contributed by atoms with E-state index in [-0.39, 0.29) is 11.5 Å². The van der Waals surface area contributed by atoms with Crippen molar-refractivity contribution in [2.45, 2.75) is 95.8 Å². The summed E-state index contributed by atoms with van der Waals surface area (Å²) in [4.78, 5) is 17.5. The third-order valence-corrected chi connectivity index (χ3v) is 10.1. The number of Topliss-reactive ketones (excluding diaryl/α,β-unsaturated/α-hetero) is 1. The Morgan fingerprint density at radius 2 is 1.55 bits per heavy atom. The fourth-order valence-corrected chi connectivity index (χ4v) is 6.23. The molecule has 1 aliphatic carbocycles. The van der Waals surface area contributed by atoms with Gasteiger partial charge in [-0.05, 0) is 64.2 Å². The molecule has 6 heteroatoms. The number of sulfone groups is 1. The van der Waals surface area contributed by atoms with Crippen molar-refractivity contribution >= 4 is 21.3 Å². The molecule has 0 amide bonds. The molecule has 0 spiro atoms. The van der Waals surface area contributed by atoms with Crippen molar-refractivity contribution in [1.82, 2.24) is 4.90 Å². The number of carbonyl (C=O) groups is 1. The van der Waals surface area contributed by atoms with E-state index in [4.69, 9.17) is 0 Å². The zero-order chi connectivity index (χ0) is 23.9. The van der Waals surface area contributed by atoms with Gasteiger partial charge < -0.3 is 4.90 Å². The fourth-order valence-electron chi connectivity index (χ4n) is 5.03. The Morgan fingerprint density at radius 3 is 2.15 bits per heavy atom. The molecule has 186 valence electrons. The average Bonchev–Trinajstić information content (AvgIpc) is 2.79. The van der Waals surface area contributed by atoms with Crippen LogP contribution in [0.1, 0.15) is 84.1 Å². The molecule has 0 N–H and O–H groups in total. The van der Waals surface area contributed by atoms with Crippen molar-refractivity contribution < 1.29 is 13.2 Å². The van der Waals surface area contributed by atoms with Gasteiger partial charge in [-0.25, -0.2) is 8.42 Å². The van der Waals surface area contributed by atoms with Gasteiger partial charge in [-0.2, -0.15) is 0 Å². The minimum absolute atomic E-state index is 0.209. The Hall–Kier alpha value is -1.40. The van der Waals surface area contributed by atoms with E-state index in [0.717, 1.165) is 50.6 Å². The first-order chi connectivity index (χ1) is 15.7. The van der Waals surface area contributed by atoms with Gasteiger partial charge in [-0.15, -0.1) is 0 Å². The summed E-state index contributed by atoms with van der Waals surface area (Å²) in [5.74, 6) is 0.448. The monoisotopic (exact) mass is 476 g/mol.